The number of ether oxygens (including phenoxy) is 4. The van der Waals surface area contributed by atoms with Crippen molar-refractivity contribution >= 4 is 23.9 Å². The van der Waals surface area contributed by atoms with Crippen LogP contribution in [0.25, 0.3) is 0 Å². The predicted molar refractivity (Wildman–Crippen MR) is 139 cm³/mol. The fourth-order valence-electron chi connectivity index (χ4n) is 2.48. The Hall–Kier alpha value is -4.20. The van der Waals surface area contributed by atoms with E-state index in [0.717, 1.165) is 0 Å². The zero-order chi connectivity index (χ0) is 27.5. The number of unbranched alkanes of at least 4 members (excludes halogenated alkanes) is 1. The summed E-state index contributed by atoms with van der Waals surface area (Å²) < 4.78 is 19.9. The lowest BCUT2D eigenvalue weighted by Crippen LogP contribution is -2.11. The van der Waals surface area contributed by atoms with Gasteiger partial charge in [-0.2, -0.15) is 0 Å². The van der Waals surface area contributed by atoms with E-state index in [9.17, 15) is 19.2 Å². The van der Waals surface area contributed by atoms with Crippen LogP contribution in [0.15, 0.2) is 85.0 Å². The van der Waals surface area contributed by atoms with Crippen molar-refractivity contribution in [2.45, 2.75) is 33.1 Å². The average molecular weight is 511 g/mol. The molecule has 37 heavy (non-hydrogen) atoms. The van der Waals surface area contributed by atoms with Gasteiger partial charge in [0.1, 0.15) is 0 Å². The highest BCUT2D eigenvalue weighted by Gasteiger charge is 2.07. The van der Waals surface area contributed by atoms with Gasteiger partial charge in [0.2, 0.25) is 0 Å². The van der Waals surface area contributed by atoms with Crippen molar-refractivity contribution in [1.29, 1.82) is 0 Å². The highest BCUT2D eigenvalue weighted by atomic mass is 16.5. The molecular weight excluding hydrogens is 476 g/mol. The maximum absolute atomic E-state index is 11.6. The molecule has 2 aromatic carbocycles. The minimum Gasteiger partial charge on any atom is -0.462 e. The van der Waals surface area contributed by atoms with Gasteiger partial charge in [-0.05, 0) is 51.0 Å². The fourth-order valence-corrected chi connectivity index (χ4v) is 2.48. The summed E-state index contributed by atoms with van der Waals surface area (Å²) in [6.07, 6.45) is 1.78. The zero-order valence-electron chi connectivity index (χ0n) is 21.4. The maximum atomic E-state index is 11.6. The molecular formula is C29H34O8. The molecule has 0 saturated heterocycles. The van der Waals surface area contributed by atoms with Crippen molar-refractivity contribution in [1.82, 2.24) is 0 Å². The summed E-state index contributed by atoms with van der Waals surface area (Å²) in [4.78, 5) is 45.2. The molecule has 0 N–H and O–H groups in total. The Kier molecular flexibility index (Phi) is 15.1. The van der Waals surface area contributed by atoms with E-state index in [-0.39, 0.29) is 31.1 Å². The van der Waals surface area contributed by atoms with Crippen LogP contribution in [0.3, 0.4) is 0 Å². The number of carbonyl (C=O) groups excluding carboxylic acids is 4. The highest BCUT2D eigenvalue weighted by molar-refractivity contribution is 5.90. The summed E-state index contributed by atoms with van der Waals surface area (Å²) in [5.74, 6) is -1.52. The first-order chi connectivity index (χ1) is 17.7. The molecule has 0 unspecified atom stereocenters. The van der Waals surface area contributed by atoms with Gasteiger partial charge in [-0.1, -0.05) is 49.6 Å². The van der Waals surface area contributed by atoms with Gasteiger partial charge in [0.15, 0.2) is 0 Å². The van der Waals surface area contributed by atoms with Crippen LogP contribution in [0, 0.1) is 0 Å². The molecule has 0 atom stereocenters. The molecule has 2 aromatic rings. The number of esters is 4. The van der Waals surface area contributed by atoms with E-state index in [4.69, 9.17) is 18.9 Å². The highest BCUT2D eigenvalue weighted by Crippen LogP contribution is 2.03. The lowest BCUT2D eigenvalue weighted by Gasteiger charge is -2.06. The molecule has 0 spiro atoms. The Morgan fingerprint density at radius 3 is 1.24 bits per heavy atom. The summed E-state index contributed by atoms with van der Waals surface area (Å²) in [5.41, 5.74) is 1.79. The van der Waals surface area contributed by atoms with E-state index in [1.165, 1.54) is 0 Å². The second-order valence-corrected chi connectivity index (χ2v) is 7.90. The van der Waals surface area contributed by atoms with E-state index in [0.29, 0.717) is 54.7 Å². The third-order valence-electron chi connectivity index (χ3n) is 4.48. The lowest BCUT2D eigenvalue weighted by atomic mass is 10.2. The van der Waals surface area contributed by atoms with Crippen LogP contribution in [0.5, 0.6) is 0 Å². The molecule has 8 nitrogen and oxygen atoms in total. The van der Waals surface area contributed by atoms with Crippen molar-refractivity contribution in [3.05, 3.63) is 96.1 Å². The van der Waals surface area contributed by atoms with Gasteiger partial charge >= 0.3 is 23.9 Å². The van der Waals surface area contributed by atoms with Crippen molar-refractivity contribution in [2.75, 3.05) is 26.4 Å². The van der Waals surface area contributed by atoms with Gasteiger partial charge < -0.3 is 18.9 Å². The van der Waals surface area contributed by atoms with Crippen LogP contribution in [0.1, 0.15) is 53.8 Å². The Morgan fingerprint density at radius 2 is 0.865 bits per heavy atom. The van der Waals surface area contributed by atoms with E-state index >= 15 is 0 Å². The molecule has 0 radical (unpaired) electrons. The Labute approximate surface area is 217 Å². The number of rotatable bonds is 13. The average Bonchev–Trinajstić information content (AvgIpc) is 2.91. The van der Waals surface area contributed by atoms with Crippen LogP contribution in [0.2, 0.25) is 0 Å². The first kappa shape index (κ1) is 30.8. The molecule has 0 amide bonds. The standard InChI is InChI=1S/C15H18O4.C14H16O4/c1-12(2)14(16)18-10-6-7-11-19-15(17)13-8-4-3-5-9-13;1-11(2)13(15)17-9-6-10-18-14(16)12-7-4-3-5-8-12/h3-5,8-9H,1,6-7,10-11H2,2H3;3-5,7-8H,1,6,9-10H2,2H3. The van der Waals surface area contributed by atoms with Crippen LogP contribution < -0.4 is 0 Å². The molecule has 0 saturated carbocycles. The normalized spacial score (nSPS) is 9.68. The summed E-state index contributed by atoms with van der Waals surface area (Å²) in [6.45, 7) is 11.2. The number of benzene rings is 2. The van der Waals surface area contributed by atoms with E-state index in [2.05, 4.69) is 13.2 Å². The summed E-state index contributed by atoms with van der Waals surface area (Å²) >= 11 is 0. The first-order valence-corrected chi connectivity index (χ1v) is 11.8. The third-order valence-corrected chi connectivity index (χ3v) is 4.48. The predicted octanol–water partition coefficient (Wildman–Crippen LogP) is 5.10. The molecule has 198 valence electrons. The second kappa shape index (κ2) is 18.1. The van der Waals surface area contributed by atoms with Crippen molar-refractivity contribution < 1.29 is 38.1 Å². The lowest BCUT2D eigenvalue weighted by molar-refractivity contribution is -0.140. The molecule has 0 heterocycles. The van der Waals surface area contributed by atoms with Crippen LogP contribution in [-0.2, 0) is 28.5 Å². The van der Waals surface area contributed by atoms with E-state index in [1.54, 1.807) is 62.4 Å². The van der Waals surface area contributed by atoms with Crippen LogP contribution in [0.4, 0.5) is 0 Å². The second-order valence-electron chi connectivity index (χ2n) is 7.90. The van der Waals surface area contributed by atoms with Gasteiger partial charge in [0.25, 0.3) is 0 Å². The monoisotopic (exact) mass is 510 g/mol. The van der Waals surface area contributed by atoms with Crippen molar-refractivity contribution in [3.8, 4) is 0 Å². The molecule has 0 aromatic heterocycles. The smallest absolute Gasteiger partial charge is 0.338 e. The molecule has 0 aliphatic carbocycles. The van der Waals surface area contributed by atoms with Crippen LogP contribution >= 0.6 is 0 Å². The summed E-state index contributed by atoms with van der Waals surface area (Å²) in [7, 11) is 0. The van der Waals surface area contributed by atoms with Gasteiger partial charge in [0.05, 0.1) is 37.6 Å². The molecule has 2 rings (SSSR count). The Bertz CT molecular complexity index is 1030. The molecule has 0 bridgehead atoms. The molecule has 0 fully saturated rings. The van der Waals surface area contributed by atoms with Gasteiger partial charge in [-0.25, -0.2) is 19.2 Å². The number of carbonyl (C=O) groups is 4. The fraction of sp³-hybridized carbons (Fsp3) is 0.310. The van der Waals surface area contributed by atoms with E-state index < -0.39 is 5.97 Å². The SMILES string of the molecule is C=C(C)C(=O)OCCCCOC(=O)c1ccccc1.C=C(C)C(=O)OCCCOC(=O)c1ccccc1. The van der Waals surface area contributed by atoms with Crippen LogP contribution in [-0.4, -0.2) is 50.3 Å². The zero-order valence-corrected chi connectivity index (χ0v) is 21.4. The number of hydrogen-bond acceptors (Lipinski definition) is 8. The Morgan fingerprint density at radius 1 is 0.541 bits per heavy atom. The van der Waals surface area contributed by atoms with Crippen molar-refractivity contribution in [2.24, 2.45) is 0 Å². The van der Waals surface area contributed by atoms with Gasteiger partial charge in [0, 0.05) is 17.6 Å². The Balaban J connectivity index is 0.000000371. The van der Waals surface area contributed by atoms with Crippen molar-refractivity contribution in [3.63, 3.8) is 0 Å². The molecule has 0 aliphatic rings. The maximum Gasteiger partial charge on any atom is 0.338 e. The summed E-state index contributed by atoms with van der Waals surface area (Å²) in [5, 5.41) is 0. The minimum atomic E-state index is -0.426. The largest absolute Gasteiger partial charge is 0.462 e. The summed E-state index contributed by atoms with van der Waals surface area (Å²) in [6, 6.07) is 17.6. The molecule has 0 aliphatic heterocycles. The molecule has 8 heteroatoms. The third kappa shape index (κ3) is 14.1. The number of hydrogen-bond donors (Lipinski definition) is 0. The van der Waals surface area contributed by atoms with Gasteiger partial charge in [-0.15, -0.1) is 0 Å². The van der Waals surface area contributed by atoms with E-state index in [1.807, 2.05) is 12.1 Å². The quantitative estimate of drug-likeness (QED) is 0.159. The topological polar surface area (TPSA) is 105 Å². The first-order valence-electron chi connectivity index (χ1n) is 11.8. The minimum absolute atomic E-state index is 0.216. The van der Waals surface area contributed by atoms with Gasteiger partial charge in [-0.3, -0.25) is 0 Å².